The molecule has 0 unspecified atom stereocenters. The van der Waals surface area contributed by atoms with Crippen LogP contribution in [0, 0.1) is 17.5 Å². The van der Waals surface area contributed by atoms with Crippen molar-refractivity contribution in [3.8, 4) is 0 Å². The molecule has 0 aliphatic rings. The molecule has 1 amide bonds. The van der Waals surface area contributed by atoms with E-state index in [1.165, 1.54) is 7.05 Å². The number of benzene rings is 1. The minimum atomic E-state index is -1.65. The normalized spacial score (nSPS) is 11.0. The molecule has 2 aromatic rings. The van der Waals surface area contributed by atoms with Gasteiger partial charge in [0.1, 0.15) is 5.15 Å². The van der Waals surface area contributed by atoms with Crippen molar-refractivity contribution in [1.82, 2.24) is 15.2 Å². The van der Waals surface area contributed by atoms with Crippen LogP contribution in [0.2, 0.25) is 10.2 Å². The van der Waals surface area contributed by atoms with Gasteiger partial charge >= 0.3 is 0 Å². The molecule has 28 heavy (non-hydrogen) atoms. The number of carbonyl (C=O) groups excluding carboxylic acids is 1. The van der Waals surface area contributed by atoms with Crippen LogP contribution in [0.15, 0.2) is 23.2 Å². The third-order valence-electron chi connectivity index (χ3n) is 3.60. The van der Waals surface area contributed by atoms with Crippen LogP contribution in [0.4, 0.5) is 18.9 Å². The van der Waals surface area contributed by atoms with Crippen LogP contribution in [-0.2, 0) is 18.4 Å². The lowest BCUT2D eigenvalue weighted by Crippen LogP contribution is -2.41. The third-order valence-corrected chi connectivity index (χ3v) is 4.44. The van der Waals surface area contributed by atoms with Crippen molar-refractivity contribution in [2.45, 2.75) is 6.54 Å². The highest BCUT2D eigenvalue weighted by molar-refractivity contribution is 14.0. The Labute approximate surface area is 186 Å². The topological polar surface area (TPSA) is 70.4 Å². The van der Waals surface area contributed by atoms with Crippen molar-refractivity contribution in [2.24, 2.45) is 12.0 Å². The van der Waals surface area contributed by atoms with Gasteiger partial charge in [0.2, 0.25) is 5.91 Å². The maximum absolute atomic E-state index is 13.6. The Morgan fingerprint density at radius 3 is 2.43 bits per heavy atom. The van der Waals surface area contributed by atoms with Crippen LogP contribution >= 0.6 is 47.2 Å². The highest BCUT2D eigenvalue weighted by atomic mass is 127. The Morgan fingerprint density at radius 2 is 1.86 bits per heavy atom. The number of carbonyl (C=O) groups is 1. The fraction of sp³-hybridized carbons (Fsp3) is 0.250. The number of guanidine groups is 1. The van der Waals surface area contributed by atoms with Gasteiger partial charge in [-0.1, -0.05) is 23.2 Å². The van der Waals surface area contributed by atoms with Gasteiger partial charge in [-0.15, -0.1) is 24.0 Å². The maximum atomic E-state index is 13.6. The van der Waals surface area contributed by atoms with E-state index in [1.54, 1.807) is 17.7 Å². The molecule has 0 fully saturated rings. The van der Waals surface area contributed by atoms with Crippen LogP contribution in [0.1, 0.15) is 5.69 Å². The molecule has 0 aliphatic carbocycles. The summed E-state index contributed by atoms with van der Waals surface area (Å²) in [7, 11) is 3.23. The first-order valence-electron chi connectivity index (χ1n) is 7.62. The van der Waals surface area contributed by atoms with Gasteiger partial charge in [0.05, 0.1) is 23.8 Å². The minimum absolute atomic E-state index is 0. The number of amides is 1. The Morgan fingerprint density at radius 1 is 1.18 bits per heavy atom. The zero-order chi connectivity index (χ0) is 20.1. The van der Waals surface area contributed by atoms with Gasteiger partial charge in [0.25, 0.3) is 0 Å². The predicted molar refractivity (Wildman–Crippen MR) is 114 cm³/mol. The molecule has 6 nitrogen and oxygen atoms in total. The SMILES string of the molecule is CN=C(NCC(=O)Nc1ccc(F)c(F)c1F)NCc1cc(Cl)c(Cl)n1C.I. The third kappa shape index (κ3) is 5.92. The number of rotatable bonds is 5. The van der Waals surface area contributed by atoms with Gasteiger partial charge in [-0.05, 0) is 18.2 Å². The highest BCUT2D eigenvalue weighted by Crippen LogP contribution is 2.24. The molecule has 0 saturated heterocycles. The maximum Gasteiger partial charge on any atom is 0.243 e. The van der Waals surface area contributed by atoms with E-state index in [0.717, 1.165) is 17.8 Å². The summed E-state index contributed by atoms with van der Waals surface area (Å²) in [4.78, 5) is 15.8. The summed E-state index contributed by atoms with van der Waals surface area (Å²) in [6.45, 7) is 0.0365. The van der Waals surface area contributed by atoms with Gasteiger partial charge < -0.3 is 20.5 Å². The molecule has 2 rings (SSSR count). The largest absolute Gasteiger partial charge is 0.351 e. The van der Waals surface area contributed by atoms with E-state index in [2.05, 4.69) is 20.9 Å². The molecule has 1 aromatic carbocycles. The van der Waals surface area contributed by atoms with Crippen LogP contribution in [0.25, 0.3) is 0 Å². The highest BCUT2D eigenvalue weighted by Gasteiger charge is 2.15. The number of hydrogen-bond donors (Lipinski definition) is 3. The lowest BCUT2D eigenvalue weighted by Gasteiger charge is -2.13. The van der Waals surface area contributed by atoms with E-state index >= 15 is 0 Å². The minimum Gasteiger partial charge on any atom is -0.351 e. The predicted octanol–water partition coefficient (Wildman–Crippen LogP) is 3.67. The van der Waals surface area contributed by atoms with Crippen molar-refractivity contribution < 1.29 is 18.0 Å². The summed E-state index contributed by atoms with van der Waals surface area (Å²) >= 11 is 11.9. The summed E-state index contributed by atoms with van der Waals surface area (Å²) in [5.41, 5.74) is 0.318. The van der Waals surface area contributed by atoms with Crippen molar-refractivity contribution >= 4 is 64.7 Å². The molecule has 0 atom stereocenters. The number of nitrogens with one attached hydrogen (secondary N) is 3. The zero-order valence-electron chi connectivity index (χ0n) is 14.7. The lowest BCUT2D eigenvalue weighted by atomic mass is 10.2. The first-order valence-corrected chi connectivity index (χ1v) is 8.37. The van der Waals surface area contributed by atoms with Crippen molar-refractivity contribution in [3.63, 3.8) is 0 Å². The second-order valence-electron chi connectivity index (χ2n) is 5.38. The van der Waals surface area contributed by atoms with Crippen LogP contribution in [0.5, 0.6) is 0 Å². The summed E-state index contributed by atoms with van der Waals surface area (Å²) in [6, 6.07) is 3.34. The number of halogens is 6. The molecule has 1 heterocycles. The molecule has 1 aromatic heterocycles. The molecule has 0 spiro atoms. The summed E-state index contributed by atoms with van der Waals surface area (Å²) in [6.07, 6.45) is 0. The van der Waals surface area contributed by atoms with Crippen LogP contribution in [-0.4, -0.2) is 30.0 Å². The number of aromatic nitrogens is 1. The summed E-state index contributed by atoms with van der Waals surface area (Å²) < 4.78 is 41.3. The molecule has 12 heteroatoms. The van der Waals surface area contributed by atoms with E-state index in [0.29, 0.717) is 16.7 Å². The average Bonchev–Trinajstić information content (AvgIpc) is 2.89. The quantitative estimate of drug-likeness (QED) is 0.231. The fourth-order valence-electron chi connectivity index (χ4n) is 2.13. The van der Waals surface area contributed by atoms with E-state index in [-0.39, 0.29) is 36.5 Å². The Kier molecular flexibility index (Phi) is 9.37. The second-order valence-corrected chi connectivity index (χ2v) is 6.15. The number of aliphatic imine (C=N–C) groups is 1. The molecular formula is C16H17Cl2F3IN5O. The Balaban J connectivity index is 0.00000392. The van der Waals surface area contributed by atoms with Gasteiger partial charge in [0.15, 0.2) is 23.4 Å². The first-order chi connectivity index (χ1) is 12.7. The molecule has 0 aliphatic heterocycles. The monoisotopic (exact) mass is 549 g/mol. The van der Waals surface area contributed by atoms with Crippen LogP contribution < -0.4 is 16.0 Å². The second kappa shape index (κ2) is 10.8. The fourth-order valence-corrected chi connectivity index (χ4v) is 2.55. The number of nitrogens with zero attached hydrogens (tertiary/aromatic N) is 2. The van der Waals surface area contributed by atoms with Gasteiger partial charge in [-0.2, -0.15) is 0 Å². The van der Waals surface area contributed by atoms with E-state index in [1.807, 2.05) is 0 Å². The summed E-state index contributed by atoms with van der Waals surface area (Å²) in [5.74, 6) is -4.85. The lowest BCUT2D eigenvalue weighted by molar-refractivity contribution is -0.115. The zero-order valence-corrected chi connectivity index (χ0v) is 18.6. The molecular weight excluding hydrogens is 533 g/mol. The number of anilines is 1. The van der Waals surface area contributed by atoms with E-state index in [9.17, 15) is 18.0 Å². The molecule has 3 N–H and O–H groups in total. The van der Waals surface area contributed by atoms with Crippen LogP contribution in [0.3, 0.4) is 0 Å². The molecule has 154 valence electrons. The smallest absolute Gasteiger partial charge is 0.243 e. The van der Waals surface area contributed by atoms with Gasteiger partial charge in [-0.25, -0.2) is 13.2 Å². The van der Waals surface area contributed by atoms with E-state index < -0.39 is 29.0 Å². The van der Waals surface area contributed by atoms with E-state index in [4.69, 9.17) is 23.2 Å². The van der Waals surface area contributed by atoms with Crippen molar-refractivity contribution in [2.75, 3.05) is 18.9 Å². The summed E-state index contributed by atoms with van der Waals surface area (Å²) in [5, 5.41) is 8.61. The Hall–Kier alpha value is -1.66. The molecule has 0 bridgehead atoms. The van der Waals surface area contributed by atoms with Crippen molar-refractivity contribution in [1.29, 1.82) is 0 Å². The average molecular weight is 550 g/mol. The van der Waals surface area contributed by atoms with Crippen molar-refractivity contribution in [3.05, 3.63) is 51.5 Å². The number of hydrogen-bond acceptors (Lipinski definition) is 2. The Bertz CT molecular complexity index is 892. The first kappa shape index (κ1) is 24.4. The molecule has 0 radical (unpaired) electrons. The van der Waals surface area contributed by atoms with Gasteiger partial charge in [-0.3, -0.25) is 9.79 Å². The molecule has 0 saturated carbocycles. The van der Waals surface area contributed by atoms with Gasteiger partial charge in [0, 0.05) is 19.8 Å². The standard InChI is InChI=1S/C16H16Cl2F3N5O.HI/c1-22-16(23-6-8-5-9(17)15(18)26(8)2)24-7-12(27)25-11-4-3-10(19)13(20)14(11)21;/h3-5H,6-7H2,1-2H3,(H,25,27)(H2,22,23,24);1H.